The van der Waals surface area contributed by atoms with Crippen LogP contribution in [0.15, 0.2) is 17.0 Å². The lowest BCUT2D eigenvalue weighted by molar-refractivity contribution is -0.136. The molecule has 8 heteroatoms. The van der Waals surface area contributed by atoms with E-state index < -0.39 is 16.0 Å². The molecule has 0 aromatic heterocycles. The molecule has 3 N–H and O–H groups in total. The summed E-state index contributed by atoms with van der Waals surface area (Å²) >= 11 is 0. The Morgan fingerprint density at radius 2 is 1.94 bits per heavy atom. The first-order chi connectivity index (χ1) is 8.29. The summed E-state index contributed by atoms with van der Waals surface area (Å²) < 4.78 is 32.7. The van der Waals surface area contributed by atoms with Gasteiger partial charge in [-0.2, -0.15) is 0 Å². The highest BCUT2D eigenvalue weighted by Crippen LogP contribution is 2.35. The molecule has 0 spiro atoms. The van der Waals surface area contributed by atoms with Gasteiger partial charge in [0.05, 0.1) is 20.6 Å². The standard InChI is InChI=1S/C10H13NO6S/c1-16-7-3-6(5-9(12)13)4-8(10(7)17-2)18(11,14)15/h3-4H,5H2,1-2H3,(H,12,13)(H2,11,14,15). The molecule has 18 heavy (non-hydrogen) atoms. The fourth-order valence-electron chi connectivity index (χ4n) is 1.47. The number of rotatable bonds is 5. The molecule has 100 valence electrons. The van der Waals surface area contributed by atoms with E-state index >= 15 is 0 Å². The molecule has 0 saturated carbocycles. The monoisotopic (exact) mass is 275 g/mol. The van der Waals surface area contributed by atoms with Gasteiger partial charge in [-0.25, -0.2) is 13.6 Å². The molecule has 0 radical (unpaired) electrons. The van der Waals surface area contributed by atoms with E-state index in [1.54, 1.807) is 0 Å². The van der Waals surface area contributed by atoms with Gasteiger partial charge in [0.25, 0.3) is 0 Å². The predicted octanol–water partition coefficient (Wildman–Crippen LogP) is -0.0217. The fraction of sp³-hybridized carbons (Fsp3) is 0.300. The van der Waals surface area contributed by atoms with Crippen LogP contribution in [-0.2, 0) is 21.2 Å². The van der Waals surface area contributed by atoms with Crippen molar-refractivity contribution < 1.29 is 27.8 Å². The van der Waals surface area contributed by atoms with Crippen LogP contribution in [0.1, 0.15) is 5.56 Å². The zero-order valence-electron chi connectivity index (χ0n) is 9.84. The predicted molar refractivity (Wildman–Crippen MR) is 62.3 cm³/mol. The third-order valence-electron chi connectivity index (χ3n) is 2.17. The average Bonchev–Trinajstić information content (AvgIpc) is 2.25. The summed E-state index contributed by atoms with van der Waals surface area (Å²) in [6.45, 7) is 0. The Balaban J connectivity index is 3.50. The van der Waals surface area contributed by atoms with E-state index in [-0.39, 0.29) is 28.4 Å². The second kappa shape index (κ2) is 5.23. The minimum atomic E-state index is -4.03. The van der Waals surface area contributed by atoms with Crippen LogP contribution < -0.4 is 14.6 Å². The number of primary sulfonamides is 1. The highest BCUT2D eigenvalue weighted by atomic mass is 32.2. The minimum absolute atomic E-state index is 0.0471. The van der Waals surface area contributed by atoms with Crippen molar-refractivity contribution in [3.8, 4) is 11.5 Å². The summed E-state index contributed by atoms with van der Waals surface area (Å²) in [7, 11) is -1.45. The van der Waals surface area contributed by atoms with Crippen molar-refractivity contribution in [3.63, 3.8) is 0 Å². The average molecular weight is 275 g/mol. The lowest BCUT2D eigenvalue weighted by Crippen LogP contribution is -2.15. The first-order valence-corrected chi connectivity index (χ1v) is 6.33. The number of benzene rings is 1. The Morgan fingerprint density at radius 1 is 1.33 bits per heavy atom. The Bertz CT molecular complexity index is 566. The molecule has 7 nitrogen and oxygen atoms in total. The van der Waals surface area contributed by atoms with Gasteiger partial charge in [0.15, 0.2) is 11.5 Å². The van der Waals surface area contributed by atoms with Crippen LogP contribution in [-0.4, -0.2) is 33.7 Å². The first-order valence-electron chi connectivity index (χ1n) is 4.79. The smallest absolute Gasteiger partial charge is 0.307 e. The molecule has 1 aromatic carbocycles. The van der Waals surface area contributed by atoms with Gasteiger partial charge in [0.1, 0.15) is 4.90 Å². The molecule has 0 aliphatic rings. The summed E-state index contributed by atoms with van der Waals surface area (Å²) in [6.07, 6.45) is -0.344. The summed E-state index contributed by atoms with van der Waals surface area (Å²) in [5.41, 5.74) is 0.254. The maximum atomic E-state index is 11.4. The Kier molecular flexibility index (Phi) is 4.15. The van der Waals surface area contributed by atoms with Gasteiger partial charge in [-0.3, -0.25) is 4.79 Å². The molecule has 0 heterocycles. The Morgan fingerprint density at radius 3 is 2.33 bits per heavy atom. The Labute approximate surface area is 104 Å². The molecule has 0 unspecified atom stereocenters. The van der Waals surface area contributed by atoms with Gasteiger partial charge in [-0.05, 0) is 17.7 Å². The molecule has 0 fully saturated rings. The molecule has 1 rings (SSSR count). The van der Waals surface area contributed by atoms with Gasteiger partial charge in [0.2, 0.25) is 10.0 Å². The number of carboxylic acids is 1. The number of methoxy groups -OCH3 is 2. The van der Waals surface area contributed by atoms with Gasteiger partial charge in [0, 0.05) is 0 Å². The van der Waals surface area contributed by atoms with Crippen molar-refractivity contribution >= 4 is 16.0 Å². The van der Waals surface area contributed by atoms with Crippen molar-refractivity contribution in [1.82, 2.24) is 0 Å². The summed E-state index contributed by atoms with van der Waals surface area (Å²) in [4.78, 5) is 10.3. The van der Waals surface area contributed by atoms with E-state index in [9.17, 15) is 13.2 Å². The van der Waals surface area contributed by atoms with Gasteiger partial charge in [-0.1, -0.05) is 0 Å². The number of nitrogens with two attached hydrogens (primary N) is 1. The van der Waals surface area contributed by atoms with Crippen LogP contribution in [0.3, 0.4) is 0 Å². The number of sulfonamides is 1. The van der Waals surface area contributed by atoms with Crippen LogP contribution in [0.4, 0.5) is 0 Å². The maximum Gasteiger partial charge on any atom is 0.307 e. The van der Waals surface area contributed by atoms with E-state index in [0.29, 0.717) is 0 Å². The molecule has 0 atom stereocenters. The van der Waals surface area contributed by atoms with Crippen molar-refractivity contribution in [1.29, 1.82) is 0 Å². The first kappa shape index (κ1) is 14.3. The zero-order valence-corrected chi connectivity index (χ0v) is 10.7. The molecule has 0 amide bonds. The fourth-order valence-corrected chi connectivity index (χ4v) is 2.23. The van der Waals surface area contributed by atoms with Gasteiger partial charge in [-0.15, -0.1) is 0 Å². The quantitative estimate of drug-likeness (QED) is 0.780. The van der Waals surface area contributed by atoms with Gasteiger partial charge < -0.3 is 14.6 Å². The van der Waals surface area contributed by atoms with Crippen LogP contribution in [0.5, 0.6) is 11.5 Å². The summed E-state index contributed by atoms with van der Waals surface area (Å²) in [5.74, 6) is -1.03. The second-order valence-corrected chi connectivity index (χ2v) is 4.97. The van der Waals surface area contributed by atoms with Gasteiger partial charge >= 0.3 is 5.97 Å². The highest BCUT2D eigenvalue weighted by molar-refractivity contribution is 7.89. The number of aliphatic carboxylic acids is 1. The molecule has 0 saturated heterocycles. The topological polar surface area (TPSA) is 116 Å². The largest absolute Gasteiger partial charge is 0.493 e. The number of hydrogen-bond donors (Lipinski definition) is 2. The molecule has 0 aliphatic carbocycles. The van der Waals surface area contributed by atoms with Crippen molar-refractivity contribution in [2.24, 2.45) is 5.14 Å². The Hall–Kier alpha value is -1.80. The van der Waals surface area contributed by atoms with Crippen LogP contribution in [0, 0.1) is 0 Å². The van der Waals surface area contributed by atoms with E-state index in [1.165, 1.54) is 20.3 Å². The second-order valence-electron chi connectivity index (χ2n) is 3.44. The van der Waals surface area contributed by atoms with Crippen LogP contribution >= 0.6 is 0 Å². The summed E-state index contributed by atoms with van der Waals surface area (Å²) in [6, 6.07) is 2.55. The zero-order chi connectivity index (χ0) is 13.9. The number of carbonyl (C=O) groups is 1. The highest BCUT2D eigenvalue weighted by Gasteiger charge is 2.21. The van der Waals surface area contributed by atoms with E-state index in [0.717, 1.165) is 6.07 Å². The number of hydrogen-bond acceptors (Lipinski definition) is 5. The maximum absolute atomic E-state index is 11.4. The molecule has 0 aliphatic heterocycles. The third kappa shape index (κ3) is 3.11. The molecule has 0 bridgehead atoms. The lowest BCUT2D eigenvalue weighted by atomic mass is 10.1. The van der Waals surface area contributed by atoms with Crippen LogP contribution in [0.2, 0.25) is 0 Å². The normalized spacial score (nSPS) is 11.1. The lowest BCUT2D eigenvalue weighted by Gasteiger charge is -2.13. The van der Waals surface area contributed by atoms with E-state index in [1.807, 2.05) is 0 Å². The van der Waals surface area contributed by atoms with Crippen LogP contribution in [0.25, 0.3) is 0 Å². The van der Waals surface area contributed by atoms with E-state index in [2.05, 4.69) is 0 Å². The summed E-state index contributed by atoms with van der Waals surface area (Å²) in [5, 5.41) is 13.7. The van der Waals surface area contributed by atoms with Crippen molar-refractivity contribution in [2.45, 2.75) is 11.3 Å². The third-order valence-corrected chi connectivity index (χ3v) is 3.08. The molecule has 1 aromatic rings. The minimum Gasteiger partial charge on any atom is -0.493 e. The SMILES string of the molecule is COc1cc(CC(=O)O)cc(S(N)(=O)=O)c1OC. The van der Waals surface area contributed by atoms with Crippen molar-refractivity contribution in [2.75, 3.05) is 14.2 Å². The van der Waals surface area contributed by atoms with Crippen molar-refractivity contribution in [3.05, 3.63) is 17.7 Å². The molecular formula is C10H13NO6S. The number of carboxylic acid groups (broad SMARTS) is 1. The van der Waals surface area contributed by atoms with E-state index in [4.69, 9.17) is 19.7 Å². The molecular weight excluding hydrogens is 262 g/mol. The number of ether oxygens (including phenoxy) is 2.